The lowest BCUT2D eigenvalue weighted by Crippen LogP contribution is -2.49. The average Bonchev–Trinajstić information content (AvgIpc) is 3.00. The predicted octanol–water partition coefficient (Wildman–Crippen LogP) is 4.17. The Hall–Kier alpha value is -4.21. The van der Waals surface area contributed by atoms with Gasteiger partial charge in [0.15, 0.2) is 0 Å². The number of pyridine rings is 1. The number of nitrogens with zero attached hydrogens (tertiary/aromatic N) is 1. The Morgan fingerprint density at radius 2 is 1.82 bits per heavy atom. The number of amides is 2. The molecule has 0 saturated carbocycles. The van der Waals surface area contributed by atoms with Crippen molar-refractivity contribution in [1.82, 2.24) is 15.6 Å². The fourth-order valence-corrected chi connectivity index (χ4v) is 4.83. The van der Waals surface area contributed by atoms with Crippen LogP contribution in [0.25, 0.3) is 0 Å². The Labute approximate surface area is 254 Å². The number of aromatic nitrogens is 1. The van der Waals surface area contributed by atoms with Crippen molar-refractivity contribution in [3.8, 4) is 0 Å². The number of morpholine rings is 1. The highest BCUT2D eigenvalue weighted by Gasteiger charge is 2.30. The van der Waals surface area contributed by atoms with Gasteiger partial charge in [-0.1, -0.05) is 24.3 Å². The Balaban J connectivity index is 1.36. The lowest BCUT2D eigenvalue weighted by Gasteiger charge is -2.30. The number of benzene rings is 2. The van der Waals surface area contributed by atoms with E-state index in [2.05, 4.69) is 15.6 Å². The van der Waals surface area contributed by atoms with E-state index in [4.69, 9.17) is 15.2 Å². The molecule has 9 nitrogen and oxygen atoms in total. The molecule has 242 valence electrons. The number of alkyl halides is 3. The lowest BCUT2D eigenvalue weighted by molar-refractivity contribution is -0.124. The number of alkyl carbamates (subject to hydrolysis) is 1. The number of nitrogens with one attached hydrogen (secondary N) is 3. The molecule has 45 heavy (non-hydrogen) atoms. The zero-order valence-corrected chi connectivity index (χ0v) is 23.8. The summed E-state index contributed by atoms with van der Waals surface area (Å²) in [6, 6.07) is 9.09. The molecule has 0 radical (unpaired) electrons. The summed E-state index contributed by atoms with van der Waals surface area (Å²) >= 11 is 0. The number of hydrogen-bond acceptors (Lipinski definition) is 7. The summed E-state index contributed by atoms with van der Waals surface area (Å²) in [6.45, 7) is -1.37. The van der Waals surface area contributed by atoms with Crippen LogP contribution >= 0.6 is 0 Å². The standard InChI is InChI=1S/C30H31F6N5O4/c31-19-6-4-17(5-7-19)26(18-2-1-3-20(32)10-18)27(37)28(42)41-25-13-38-12-24(33)23(25)9-8-22-11-39-21(14-44-22)15-45-29(43)40-16-30(34,35)36/h1-7,10,12-13,21-22,26-27,39H,8-9,11,14-16,37H2,(H,40,43)(H,41,42)/t21-,22+,26?,27-/m0/s1. The molecule has 1 saturated heterocycles. The van der Waals surface area contributed by atoms with Gasteiger partial charge < -0.3 is 31.2 Å². The maximum Gasteiger partial charge on any atom is 0.407 e. The van der Waals surface area contributed by atoms with E-state index in [-0.39, 0.29) is 37.4 Å². The van der Waals surface area contributed by atoms with E-state index in [1.807, 2.05) is 0 Å². The van der Waals surface area contributed by atoms with Gasteiger partial charge in [-0.25, -0.2) is 18.0 Å². The van der Waals surface area contributed by atoms with Gasteiger partial charge in [-0.15, -0.1) is 0 Å². The summed E-state index contributed by atoms with van der Waals surface area (Å²) in [5.74, 6) is -3.30. The average molecular weight is 640 g/mol. The molecule has 15 heteroatoms. The lowest BCUT2D eigenvalue weighted by atomic mass is 9.85. The second-order valence-corrected chi connectivity index (χ2v) is 10.4. The summed E-state index contributed by atoms with van der Waals surface area (Å²) in [7, 11) is 0. The zero-order chi connectivity index (χ0) is 32.6. The van der Waals surface area contributed by atoms with Crippen LogP contribution in [0.1, 0.15) is 29.0 Å². The third kappa shape index (κ3) is 9.89. The SMILES string of the molecule is N[C@H](C(=O)Nc1cncc(F)c1CC[C@@H]1CN[C@H](COC(=O)NCC(F)(F)F)CO1)C(c1ccc(F)cc1)c1cccc(F)c1. The highest BCUT2D eigenvalue weighted by molar-refractivity contribution is 5.96. The van der Waals surface area contributed by atoms with Crippen molar-refractivity contribution < 1.29 is 45.4 Å². The Kier molecular flexibility index (Phi) is 11.4. The number of rotatable bonds is 11. The van der Waals surface area contributed by atoms with E-state index < -0.39 is 66.3 Å². The topological polar surface area (TPSA) is 128 Å². The molecule has 0 aliphatic carbocycles. The van der Waals surface area contributed by atoms with Gasteiger partial charge in [0.2, 0.25) is 5.91 Å². The van der Waals surface area contributed by atoms with Gasteiger partial charge in [0.05, 0.1) is 42.9 Å². The quantitative estimate of drug-likeness (QED) is 0.232. The largest absolute Gasteiger partial charge is 0.448 e. The summed E-state index contributed by atoms with van der Waals surface area (Å²) in [6.07, 6.45) is -3.46. The van der Waals surface area contributed by atoms with Crippen molar-refractivity contribution in [2.45, 2.75) is 43.1 Å². The van der Waals surface area contributed by atoms with Crippen LogP contribution in [0.4, 0.5) is 36.8 Å². The molecular formula is C30H31F6N5O4. The highest BCUT2D eigenvalue weighted by atomic mass is 19.4. The first-order valence-electron chi connectivity index (χ1n) is 13.9. The molecule has 4 rings (SSSR count). The number of nitrogens with two attached hydrogens (primary N) is 1. The second-order valence-electron chi connectivity index (χ2n) is 10.4. The summed E-state index contributed by atoms with van der Waals surface area (Å²) in [5, 5.41) is 7.29. The van der Waals surface area contributed by atoms with E-state index >= 15 is 0 Å². The molecule has 1 aliphatic rings. The summed E-state index contributed by atoms with van der Waals surface area (Å²) < 4.78 is 89.7. The van der Waals surface area contributed by atoms with E-state index in [1.165, 1.54) is 48.7 Å². The third-order valence-electron chi connectivity index (χ3n) is 7.09. The van der Waals surface area contributed by atoms with Gasteiger partial charge in [0.25, 0.3) is 0 Å². The molecule has 3 aromatic rings. The van der Waals surface area contributed by atoms with Crippen LogP contribution in [0.3, 0.4) is 0 Å². The zero-order valence-electron chi connectivity index (χ0n) is 23.8. The van der Waals surface area contributed by atoms with Gasteiger partial charge in [0.1, 0.15) is 30.6 Å². The minimum atomic E-state index is -4.56. The molecule has 4 atom stereocenters. The Morgan fingerprint density at radius 3 is 2.49 bits per heavy atom. The minimum absolute atomic E-state index is 0.0764. The van der Waals surface area contributed by atoms with E-state index in [0.29, 0.717) is 17.5 Å². The van der Waals surface area contributed by atoms with Gasteiger partial charge >= 0.3 is 12.3 Å². The number of hydrogen-bond donors (Lipinski definition) is 4. The van der Waals surface area contributed by atoms with Crippen LogP contribution in [0, 0.1) is 17.5 Å². The number of halogens is 6. The van der Waals surface area contributed by atoms with Crippen molar-refractivity contribution in [3.05, 3.63) is 95.1 Å². The molecule has 0 bridgehead atoms. The molecule has 1 fully saturated rings. The van der Waals surface area contributed by atoms with Crippen LogP contribution < -0.4 is 21.7 Å². The van der Waals surface area contributed by atoms with Crippen LogP contribution in [0.5, 0.6) is 0 Å². The van der Waals surface area contributed by atoms with Crippen LogP contribution in [0.2, 0.25) is 0 Å². The van der Waals surface area contributed by atoms with Gasteiger partial charge in [-0.3, -0.25) is 9.78 Å². The van der Waals surface area contributed by atoms with Gasteiger partial charge in [-0.05, 0) is 48.2 Å². The monoisotopic (exact) mass is 639 g/mol. The summed E-state index contributed by atoms with van der Waals surface area (Å²) in [5.41, 5.74) is 7.45. The Bertz CT molecular complexity index is 1450. The van der Waals surface area contributed by atoms with Crippen molar-refractivity contribution in [3.63, 3.8) is 0 Å². The maximum atomic E-state index is 14.9. The third-order valence-corrected chi connectivity index (χ3v) is 7.09. The van der Waals surface area contributed by atoms with E-state index in [1.54, 1.807) is 11.4 Å². The number of ether oxygens (including phenoxy) is 2. The molecule has 2 aromatic carbocycles. The van der Waals surface area contributed by atoms with Crippen molar-refractivity contribution in [1.29, 1.82) is 0 Å². The molecule has 1 unspecified atom stereocenters. The highest BCUT2D eigenvalue weighted by Crippen LogP contribution is 2.30. The minimum Gasteiger partial charge on any atom is -0.448 e. The van der Waals surface area contributed by atoms with Crippen molar-refractivity contribution >= 4 is 17.7 Å². The molecule has 5 N–H and O–H groups in total. The van der Waals surface area contributed by atoms with Crippen molar-refractivity contribution in [2.24, 2.45) is 5.73 Å². The van der Waals surface area contributed by atoms with E-state index in [0.717, 1.165) is 6.20 Å². The van der Waals surface area contributed by atoms with Gasteiger partial charge in [-0.2, -0.15) is 13.2 Å². The number of carbonyl (C=O) groups excluding carboxylic acids is 2. The maximum absolute atomic E-state index is 14.9. The Morgan fingerprint density at radius 1 is 1.07 bits per heavy atom. The molecule has 2 amide bonds. The fraction of sp³-hybridized carbons (Fsp3) is 0.367. The summed E-state index contributed by atoms with van der Waals surface area (Å²) in [4.78, 5) is 28.6. The first-order valence-corrected chi connectivity index (χ1v) is 13.9. The van der Waals surface area contributed by atoms with Crippen molar-refractivity contribution in [2.75, 3.05) is 31.6 Å². The second kappa shape index (κ2) is 15.2. The number of carbonyl (C=O) groups is 2. The molecule has 0 spiro atoms. The molecule has 1 aliphatic heterocycles. The van der Waals surface area contributed by atoms with Crippen LogP contribution in [-0.2, 0) is 20.7 Å². The normalized spacial score (nSPS) is 18.1. The predicted molar refractivity (Wildman–Crippen MR) is 151 cm³/mol. The molecule has 1 aromatic heterocycles. The van der Waals surface area contributed by atoms with Gasteiger partial charge in [0, 0.05) is 18.0 Å². The fourth-order valence-electron chi connectivity index (χ4n) is 4.83. The van der Waals surface area contributed by atoms with Crippen LogP contribution in [0.15, 0.2) is 60.9 Å². The first kappa shape index (κ1) is 33.7. The van der Waals surface area contributed by atoms with Crippen LogP contribution in [-0.4, -0.2) is 67.7 Å². The smallest absolute Gasteiger partial charge is 0.407 e. The first-order chi connectivity index (χ1) is 21.4. The molecule has 2 heterocycles. The van der Waals surface area contributed by atoms with E-state index in [9.17, 15) is 35.9 Å². The molecular weight excluding hydrogens is 608 g/mol. The number of anilines is 1.